The lowest BCUT2D eigenvalue weighted by molar-refractivity contribution is -0.144. The number of fused-ring (bicyclic) bond motifs is 1. The highest BCUT2D eigenvalue weighted by atomic mass is 16.2. The van der Waals surface area contributed by atoms with Crippen LogP contribution in [0.5, 0.6) is 0 Å². The van der Waals surface area contributed by atoms with E-state index in [-0.39, 0.29) is 36.6 Å². The summed E-state index contributed by atoms with van der Waals surface area (Å²) in [5.74, 6) is -0.392. The zero-order valence-electron chi connectivity index (χ0n) is 21.6. The molecule has 0 saturated carbocycles. The van der Waals surface area contributed by atoms with Crippen LogP contribution in [0.15, 0.2) is 73.2 Å². The van der Waals surface area contributed by atoms with Crippen LogP contribution in [0.25, 0.3) is 16.8 Å². The molecule has 0 radical (unpaired) electrons. The molecule has 2 heterocycles. The fourth-order valence-corrected chi connectivity index (χ4v) is 4.84. The molecule has 1 fully saturated rings. The Morgan fingerprint density at radius 2 is 1.81 bits per heavy atom. The first kappa shape index (κ1) is 26.1. The van der Waals surface area contributed by atoms with Crippen LogP contribution < -0.4 is 5.32 Å². The molecular formula is C30H34N4O3. The molecule has 2 atom stereocenters. The van der Waals surface area contributed by atoms with Crippen LogP contribution in [0, 0.1) is 5.92 Å². The number of benzene rings is 2. The standard InChI is InChI=1S/C30H34N4O3/c1-21(2)18-27-30(37)34(17-13-28(35)33(27)16-12-22-10-14-32-15-11-22)26(29(36)31-3)20-23-8-9-24-6-4-5-7-25(24)19-23/h4-12,14-16,19,21,26-27H,13,17-18,20H2,1-3H3,(H,31,36)/b16-12+/t26-,27-/m0/s1. The van der Waals surface area contributed by atoms with Crippen molar-refractivity contribution in [2.75, 3.05) is 13.6 Å². The summed E-state index contributed by atoms with van der Waals surface area (Å²) in [6, 6.07) is 16.4. The average molecular weight is 499 g/mol. The number of hydrogen-bond donors (Lipinski definition) is 1. The Balaban J connectivity index is 1.66. The van der Waals surface area contributed by atoms with E-state index in [1.54, 1.807) is 35.4 Å². The lowest BCUT2D eigenvalue weighted by atomic mass is 9.98. The third-order valence-corrected chi connectivity index (χ3v) is 6.76. The van der Waals surface area contributed by atoms with E-state index in [1.165, 1.54) is 0 Å². The fraction of sp³-hybridized carbons (Fsp3) is 0.333. The van der Waals surface area contributed by atoms with Crippen molar-refractivity contribution in [3.8, 4) is 0 Å². The maximum atomic E-state index is 14.0. The molecule has 1 aliphatic rings. The normalized spacial score (nSPS) is 17.5. The van der Waals surface area contributed by atoms with E-state index in [1.807, 2.05) is 68.5 Å². The Labute approximate surface area is 218 Å². The minimum absolute atomic E-state index is 0.131. The number of pyridine rings is 1. The summed E-state index contributed by atoms with van der Waals surface area (Å²) in [6.45, 7) is 4.25. The van der Waals surface area contributed by atoms with Gasteiger partial charge in [0.25, 0.3) is 0 Å². The minimum Gasteiger partial charge on any atom is -0.357 e. The van der Waals surface area contributed by atoms with Gasteiger partial charge in [-0.3, -0.25) is 19.4 Å². The molecule has 0 bridgehead atoms. The molecule has 0 spiro atoms. The molecular weight excluding hydrogens is 464 g/mol. The van der Waals surface area contributed by atoms with E-state index in [9.17, 15) is 14.4 Å². The second-order valence-corrected chi connectivity index (χ2v) is 9.84. The predicted molar refractivity (Wildman–Crippen MR) is 145 cm³/mol. The SMILES string of the molecule is CNC(=O)[C@H](Cc1ccc2ccccc2c1)N1CCC(=O)N(/C=C/c2ccncc2)[C@@H](CC(C)C)C1=O. The molecule has 1 N–H and O–H groups in total. The fourth-order valence-electron chi connectivity index (χ4n) is 4.84. The Morgan fingerprint density at radius 1 is 1.08 bits per heavy atom. The van der Waals surface area contributed by atoms with Gasteiger partial charge in [-0.1, -0.05) is 56.3 Å². The van der Waals surface area contributed by atoms with Crippen molar-refractivity contribution in [2.24, 2.45) is 5.92 Å². The lowest BCUT2D eigenvalue weighted by Gasteiger charge is -2.34. The molecule has 3 amide bonds. The highest BCUT2D eigenvalue weighted by Crippen LogP contribution is 2.24. The van der Waals surface area contributed by atoms with E-state index in [2.05, 4.69) is 16.4 Å². The Bertz CT molecular complexity index is 1290. The van der Waals surface area contributed by atoms with E-state index in [0.717, 1.165) is 21.9 Å². The van der Waals surface area contributed by atoms with E-state index >= 15 is 0 Å². The smallest absolute Gasteiger partial charge is 0.246 e. The van der Waals surface area contributed by atoms with Gasteiger partial charge in [0.1, 0.15) is 12.1 Å². The Morgan fingerprint density at radius 3 is 2.51 bits per heavy atom. The van der Waals surface area contributed by atoms with Crippen LogP contribution in [-0.2, 0) is 20.8 Å². The Kier molecular flexibility index (Phi) is 8.33. The molecule has 1 aliphatic heterocycles. The maximum absolute atomic E-state index is 14.0. The van der Waals surface area contributed by atoms with E-state index < -0.39 is 12.1 Å². The zero-order chi connectivity index (χ0) is 26.4. The maximum Gasteiger partial charge on any atom is 0.246 e. The summed E-state index contributed by atoms with van der Waals surface area (Å²) in [5.41, 5.74) is 1.85. The van der Waals surface area contributed by atoms with Crippen molar-refractivity contribution in [3.05, 3.63) is 84.3 Å². The van der Waals surface area contributed by atoms with Gasteiger partial charge < -0.3 is 15.1 Å². The first-order chi connectivity index (χ1) is 17.9. The van der Waals surface area contributed by atoms with E-state index in [0.29, 0.717) is 12.8 Å². The van der Waals surface area contributed by atoms with Crippen molar-refractivity contribution in [3.63, 3.8) is 0 Å². The van der Waals surface area contributed by atoms with Gasteiger partial charge in [0, 0.05) is 45.0 Å². The summed E-state index contributed by atoms with van der Waals surface area (Å²) < 4.78 is 0. The van der Waals surface area contributed by atoms with Crippen LogP contribution >= 0.6 is 0 Å². The number of amides is 3. The van der Waals surface area contributed by atoms with Crippen molar-refractivity contribution in [2.45, 2.75) is 45.2 Å². The van der Waals surface area contributed by atoms with Crippen molar-refractivity contribution >= 4 is 34.6 Å². The predicted octanol–water partition coefficient (Wildman–Crippen LogP) is 4.04. The first-order valence-electron chi connectivity index (χ1n) is 12.8. The zero-order valence-corrected chi connectivity index (χ0v) is 21.6. The van der Waals surface area contributed by atoms with Gasteiger partial charge in [0.15, 0.2) is 0 Å². The van der Waals surface area contributed by atoms with Crippen LogP contribution in [0.4, 0.5) is 0 Å². The number of hydrogen-bond acceptors (Lipinski definition) is 4. The largest absolute Gasteiger partial charge is 0.357 e. The molecule has 192 valence electrons. The summed E-state index contributed by atoms with van der Waals surface area (Å²) >= 11 is 0. The summed E-state index contributed by atoms with van der Waals surface area (Å²) in [6.07, 6.45) is 7.90. The highest BCUT2D eigenvalue weighted by molar-refractivity contribution is 5.94. The lowest BCUT2D eigenvalue weighted by Crippen LogP contribution is -2.54. The number of nitrogens with one attached hydrogen (secondary N) is 1. The van der Waals surface area contributed by atoms with Gasteiger partial charge in [-0.25, -0.2) is 0 Å². The van der Waals surface area contributed by atoms with Gasteiger partial charge in [-0.05, 0) is 52.4 Å². The quantitative estimate of drug-likeness (QED) is 0.508. The van der Waals surface area contributed by atoms with E-state index in [4.69, 9.17) is 0 Å². The average Bonchev–Trinajstić information content (AvgIpc) is 3.01. The summed E-state index contributed by atoms with van der Waals surface area (Å²) in [5, 5.41) is 4.93. The molecule has 1 aromatic heterocycles. The number of carbonyl (C=O) groups is 3. The number of carbonyl (C=O) groups excluding carboxylic acids is 3. The minimum atomic E-state index is -0.717. The van der Waals surface area contributed by atoms with Gasteiger partial charge in [-0.2, -0.15) is 0 Å². The third kappa shape index (κ3) is 6.23. The number of nitrogens with zero attached hydrogens (tertiary/aromatic N) is 3. The summed E-state index contributed by atoms with van der Waals surface area (Å²) in [4.78, 5) is 47.6. The molecule has 7 heteroatoms. The van der Waals surface area contributed by atoms with Crippen molar-refractivity contribution < 1.29 is 14.4 Å². The monoisotopic (exact) mass is 498 g/mol. The Hall–Kier alpha value is -4.00. The number of aromatic nitrogens is 1. The van der Waals surface area contributed by atoms with Gasteiger partial charge >= 0.3 is 0 Å². The molecule has 3 aromatic rings. The molecule has 7 nitrogen and oxygen atoms in total. The molecule has 2 aromatic carbocycles. The van der Waals surface area contributed by atoms with Crippen LogP contribution in [-0.4, -0.2) is 58.2 Å². The molecule has 0 aliphatic carbocycles. The summed E-state index contributed by atoms with van der Waals surface area (Å²) in [7, 11) is 1.58. The third-order valence-electron chi connectivity index (χ3n) is 6.76. The van der Waals surface area contributed by atoms with Gasteiger partial charge in [0.05, 0.1) is 0 Å². The van der Waals surface area contributed by atoms with Gasteiger partial charge in [-0.15, -0.1) is 0 Å². The highest BCUT2D eigenvalue weighted by Gasteiger charge is 2.40. The van der Waals surface area contributed by atoms with Crippen LogP contribution in [0.1, 0.15) is 37.8 Å². The first-order valence-corrected chi connectivity index (χ1v) is 12.8. The molecule has 1 saturated heterocycles. The molecule has 4 rings (SSSR count). The van der Waals surface area contributed by atoms with Crippen molar-refractivity contribution in [1.29, 1.82) is 0 Å². The topological polar surface area (TPSA) is 82.6 Å². The number of rotatable bonds is 8. The van der Waals surface area contributed by atoms with Gasteiger partial charge in [0.2, 0.25) is 17.7 Å². The second-order valence-electron chi connectivity index (χ2n) is 9.84. The van der Waals surface area contributed by atoms with Crippen LogP contribution in [0.2, 0.25) is 0 Å². The number of likely N-dealkylation sites (N-methyl/N-ethyl adjacent to an activating group) is 1. The van der Waals surface area contributed by atoms with Crippen LogP contribution in [0.3, 0.4) is 0 Å². The molecule has 37 heavy (non-hydrogen) atoms. The second kappa shape index (κ2) is 11.8. The van der Waals surface area contributed by atoms with Crippen molar-refractivity contribution in [1.82, 2.24) is 20.1 Å². The molecule has 0 unspecified atom stereocenters.